The minimum absolute atomic E-state index is 1.36. The zero-order chi connectivity index (χ0) is 10.8. The van der Waals surface area contributed by atoms with Crippen molar-refractivity contribution in [2.75, 3.05) is 0 Å². The molecule has 0 saturated carbocycles. The van der Waals surface area contributed by atoms with Gasteiger partial charge in [0.15, 0.2) is 0 Å². The Morgan fingerprint density at radius 1 is 0.800 bits per heavy atom. The second kappa shape index (κ2) is 3.90. The van der Waals surface area contributed by atoms with Crippen LogP contribution in [0, 0.1) is 6.92 Å². The zero-order valence-corrected chi connectivity index (χ0v) is 9.54. The second-order valence-electron chi connectivity index (χ2n) is 3.57. The lowest BCUT2D eigenvalue weighted by Crippen LogP contribution is -1.81. The molecule has 0 N–H and O–H groups in total. The smallest absolute Gasteiger partial charge is 0.00362 e. The predicted molar refractivity (Wildman–Crippen MR) is 69.0 cm³/mol. The lowest BCUT2D eigenvalue weighted by atomic mass is 10.0. The van der Waals surface area contributed by atoms with Crippen LogP contribution in [0.2, 0.25) is 0 Å². The van der Waals surface area contributed by atoms with Crippen molar-refractivity contribution in [3.63, 3.8) is 0 Å². The van der Waals surface area contributed by atoms with E-state index in [1.165, 1.54) is 27.5 Å². The molecule has 2 aromatic rings. The van der Waals surface area contributed by atoms with Crippen LogP contribution in [0.3, 0.4) is 0 Å². The van der Waals surface area contributed by atoms with Crippen molar-refractivity contribution in [2.24, 2.45) is 0 Å². The lowest BCUT2D eigenvalue weighted by molar-refractivity contribution is 1.50. The van der Waals surface area contributed by atoms with Gasteiger partial charge in [0, 0.05) is 0 Å². The van der Waals surface area contributed by atoms with Gasteiger partial charge >= 0.3 is 0 Å². The molecule has 76 valence electrons. The number of hydrogen-bond donors (Lipinski definition) is 0. The third-order valence-electron chi connectivity index (χ3n) is 2.77. The number of aryl methyl sites for hydroxylation is 1. The van der Waals surface area contributed by atoms with Gasteiger partial charge in [-0.1, -0.05) is 56.3 Å². The number of benzene rings is 2. The van der Waals surface area contributed by atoms with Gasteiger partial charge in [-0.25, -0.2) is 0 Å². The minimum atomic E-state index is 1.36. The molecule has 0 aliphatic heterocycles. The van der Waals surface area contributed by atoms with Crippen molar-refractivity contribution in [3.05, 3.63) is 47.0 Å². The fraction of sp³-hybridized carbons (Fsp3) is 0.200. The molecule has 1 aliphatic rings. The molecule has 3 rings (SSSR count). The minimum Gasteiger partial charge on any atom is -0.0683 e. The van der Waals surface area contributed by atoms with Crippen molar-refractivity contribution in [1.82, 2.24) is 0 Å². The van der Waals surface area contributed by atoms with E-state index >= 15 is 0 Å². The van der Waals surface area contributed by atoms with E-state index in [1.54, 1.807) is 0 Å². The van der Waals surface area contributed by atoms with Gasteiger partial charge in [-0.15, -0.1) is 0 Å². The Morgan fingerprint density at radius 3 is 2.20 bits per heavy atom. The van der Waals surface area contributed by atoms with Gasteiger partial charge in [0.25, 0.3) is 0 Å². The Morgan fingerprint density at radius 2 is 1.47 bits per heavy atom. The molecule has 0 radical (unpaired) electrons. The number of rotatable bonds is 0. The van der Waals surface area contributed by atoms with Crippen LogP contribution in [0.1, 0.15) is 30.5 Å². The molecule has 15 heavy (non-hydrogen) atoms. The Hall–Kier alpha value is -1.56. The van der Waals surface area contributed by atoms with Crippen molar-refractivity contribution >= 4 is 22.9 Å². The molecule has 0 bridgehead atoms. The molecule has 0 aromatic heterocycles. The largest absolute Gasteiger partial charge is 0.0683 e. The third kappa shape index (κ3) is 1.46. The normalized spacial score (nSPS) is 11.4. The molecule has 0 saturated heterocycles. The molecule has 0 fully saturated rings. The van der Waals surface area contributed by atoms with Gasteiger partial charge < -0.3 is 0 Å². The summed E-state index contributed by atoms with van der Waals surface area (Å²) < 4.78 is 0. The van der Waals surface area contributed by atoms with Crippen LogP contribution < -0.4 is 0 Å². The summed E-state index contributed by atoms with van der Waals surface area (Å²) in [5, 5.41) is 2.81. The van der Waals surface area contributed by atoms with Crippen LogP contribution in [0.25, 0.3) is 22.9 Å². The van der Waals surface area contributed by atoms with E-state index in [9.17, 15) is 0 Å². The van der Waals surface area contributed by atoms with Crippen LogP contribution in [0.15, 0.2) is 30.3 Å². The summed E-state index contributed by atoms with van der Waals surface area (Å²) in [5.41, 5.74) is 4.08. The maximum atomic E-state index is 2.20. The van der Waals surface area contributed by atoms with Gasteiger partial charge in [-0.2, -0.15) is 0 Å². The molecule has 0 heterocycles. The first kappa shape index (κ1) is 9.97. The van der Waals surface area contributed by atoms with Gasteiger partial charge in [0.1, 0.15) is 0 Å². The highest BCUT2D eigenvalue weighted by molar-refractivity contribution is 6.05. The third-order valence-corrected chi connectivity index (χ3v) is 2.77. The van der Waals surface area contributed by atoms with Crippen molar-refractivity contribution in [3.8, 4) is 0 Å². The van der Waals surface area contributed by atoms with Gasteiger partial charge in [-0.05, 0) is 34.4 Å². The first-order valence-electron chi connectivity index (χ1n) is 5.57. The van der Waals surface area contributed by atoms with Crippen molar-refractivity contribution in [1.29, 1.82) is 0 Å². The molecular weight excluding hydrogens is 180 g/mol. The average Bonchev–Trinajstić information content (AvgIpc) is 2.71. The molecule has 0 heteroatoms. The van der Waals surface area contributed by atoms with Crippen molar-refractivity contribution < 1.29 is 0 Å². The van der Waals surface area contributed by atoms with E-state index in [1.807, 2.05) is 13.8 Å². The summed E-state index contributed by atoms with van der Waals surface area (Å²) in [6.45, 7) is 6.17. The lowest BCUT2D eigenvalue weighted by Gasteiger charge is -2.04. The average molecular weight is 196 g/mol. The molecule has 0 atom stereocenters. The predicted octanol–water partition coefficient (Wildman–Crippen LogP) is 4.66. The Kier molecular flexibility index (Phi) is 2.59. The van der Waals surface area contributed by atoms with Gasteiger partial charge in [-0.3, -0.25) is 0 Å². The first-order chi connectivity index (χ1) is 7.36. The van der Waals surface area contributed by atoms with E-state index in [2.05, 4.69) is 49.4 Å². The Balaban J connectivity index is 0.000000404. The molecule has 1 aliphatic carbocycles. The topological polar surface area (TPSA) is 0 Å². The SMILES string of the molecule is CC.Cc1ccc2c3c(cccc13)C=C2. The molecule has 0 nitrogen and oxygen atoms in total. The van der Waals surface area contributed by atoms with Crippen LogP contribution in [-0.4, -0.2) is 0 Å². The van der Waals surface area contributed by atoms with Crippen LogP contribution >= 0.6 is 0 Å². The van der Waals surface area contributed by atoms with Gasteiger partial charge in [0.05, 0.1) is 0 Å². The Bertz CT molecular complexity index is 507. The van der Waals surface area contributed by atoms with Crippen LogP contribution in [0.4, 0.5) is 0 Å². The van der Waals surface area contributed by atoms with E-state index in [-0.39, 0.29) is 0 Å². The monoisotopic (exact) mass is 196 g/mol. The van der Waals surface area contributed by atoms with E-state index in [4.69, 9.17) is 0 Å². The van der Waals surface area contributed by atoms with E-state index in [0.29, 0.717) is 0 Å². The van der Waals surface area contributed by atoms with Crippen molar-refractivity contribution in [2.45, 2.75) is 20.8 Å². The molecular formula is C15H16. The molecule has 0 spiro atoms. The Labute approximate surface area is 91.2 Å². The zero-order valence-electron chi connectivity index (χ0n) is 9.54. The quantitative estimate of drug-likeness (QED) is 0.490. The summed E-state index contributed by atoms with van der Waals surface area (Å²) in [4.78, 5) is 0. The highest BCUT2D eigenvalue weighted by Crippen LogP contribution is 2.32. The maximum Gasteiger partial charge on any atom is -0.00362 e. The van der Waals surface area contributed by atoms with E-state index in [0.717, 1.165) is 0 Å². The van der Waals surface area contributed by atoms with Crippen LogP contribution in [-0.2, 0) is 0 Å². The fourth-order valence-electron chi connectivity index (χ4n) is 2.07. The molecule has 0 unspecified atom stereocenters. The van der Waals surface area contributed by atoms with Gasteiger partial charge in [0.2, 0.25) is 0 Å². The van der Waals surface area contributed by atoms with Crippen LogP contribution in [0.5, 0.6) is 0 Å². The highest BCUT2D eigenvalue weighted by atomic mass is 14.1. The summed E-state index contributed by atoms with van der Waals surface area (Å²) in [7, 11) is 0. The molecule has 2 aromatic carbocycles. The molecule has 0 amide bonds. The standard InChI is InChI=1S/C13H10.C2H6/c1-9-5-6-11-8-7-10-3-2-4-12(9)13(10)11;1-2/h2-8H,1H3;1-2H3. The van der Waals surface area contributed by atoms with E-state index < -0.39 is 0 Å². The number of hydrogen-bond acceptors (Lipinski definition) is 0. The second-order valence-corrected chi connectivity index (χ2v) is 3.57. The first-order valence-corrected chi connectivity index (χ1v) is 5.57. The maximum absolute atomic E-state index is 2.20. The summed E-state index contributed by atoms with van der Waals surface area (Å²) in [5.74, 6) is 0. The highest BCUT2D eigenvalue weighted by Gasteiger charge is 2.08. The summed E-state index contributed by atoms with van der Waals surface area (Å²) in [6.07, 6.45) is 4.38. The summed E-state index contributed by atoms with van der Waals surface area (Å²) in [6, 6.07) is 10.9. The fourth-order valence-corrected chi connectivity index (χ4v) is 2.07. The summed E-state index contributed by atoms with van der Waals surface area (Å²) >= 11 is 0.